The Balaban J connectivity index is 0.00000115. The smallest absolute Gasteiger partial charge is 0.222 e. The summed E-state index contributed by atoms with van der Waals surface area (Å²) >= 11 is 0. The third-order valence-corrected chi connectivity index (χ3v) is 4.71. The molecule has 0 aliphatic carbocycles. The van der Waals surface area contributed by atoms with Crippen molar-refractivity contribution in [3.8, 4) is 0 Å². The summed E-state index contributed by atoms with van der Waals surface area (Å²) < 4.78 is 0. The van der Waals surface area contributed by atoms with E-state index in [4.69, 9.17) is 0 Å². The largest absolute Gasteiger partial charge is 0.343 e. The molecule has 5 nitrogen and oxygen atoms in total. The van der Waals surface area contributed by atoms with Crippen molar-refractivity contribution < 1.29 is 4.79 Å². The first kappa shape index (κ1) is 25.6. The summed E-state index contributed by atoms with van der Waals surface area (Å²) in [6.45, 7) is 8.59. The number of carbonyl (C=O) groups is 1. The Labute approximate surface area is 167 Å². The Hall–Kier alpha value is -1.39. The fourth-order valence-electron chi connectivity index (χ4n) is 3.07. The minimum Gasteiger partial charge on any atom is -0.343 e. The molecule has 0 unspecified atom stereocenters. The summed E-state index contributed by atoms with van der Waals surface area (Å²) in [5, 5.41) is 9.33. The molecule has 1 aromatic heterocycles. The number of nitrogens with zero attached hydrogens (tertiary/aromatic N) is 3. The van der Waals surface area contributed by atoms with Gasteiger partial charge >= 0.3 is 0 Å². The molecule has 1 aromatic rings. The van der Waals surface area contributed by atoms with Gasteiger partial charge in [-0.05, 0) is 19.3 Å². The standard InChI is InChI=1S/C20H41NO.C2H3N3/c1-4-7-9-11-13-15-18-21(20(22)17-6-3)19-16-14-12-10-8-5-2;1-2-4-5-3-1/h4-19H2,1-3H3;1-2H,(H,3,4,5). The minimum absolute atomic E-state index is 0.379. The van der Waals surface area contributed by atoms with Gasteiger partial charge < -0.3 is 4.90 Å². The maximum Gasteiger partial charge on any atom is 0.222 e. The van der Waals surface area contributed by atoms with Crippen molar-refractivity contribution >= 4 is 5.91 Å². The second-order valence-electron chi connectivity index (χ2n) is 7.32. The summed E-state index contributed by atoms with van der Waals surface area (Å²) in [7, 11) is 0. The molecule has 0 fully saturated rings. The first-order valence-corrected chi connectivity index (χ1v) is 11.3. The van der Waals surface area contributed by atoms with E-state index in [1.54, 1.807) is 12.4 Å². The molecule has 1 heterocycles. The van der Waals surface area contributed by atoms with Crippen molar-refractivity contribution in [1.29, 1.82) is 0 Å². The van der Waals surface area contributed by atoms with Crippen LogP contribution in [0.5, 0.6) is 0 Å². The SMILES string of the molecule is CCCCCCCCN(CCCCCCCC)C(=O)CCC.c1cn[nH]n1. The monoisotopic (exact) mass is 380 g/mol. The van der Waals surface area contributed by atoms with Crippen molar-refractivity contribution in [3.63, 3.8) is 0 Å². The highest BCUT2D eigenvalue weighted by Gasteiger charge is 2.11. The van der Waals surface area contributed by atoms with Crippen LogP contribution >= 0.6 is 0 Å². The van der Waals surface area contributed by atoms with E-state index in [1.165, 1.54) is 77.0 Å². The number of rotatable bonds is 16. The summed E-state index contributed by atoms with van der Waals surface area (Å²) in [6, 6.07) is 0. The Morgan fingerprint density at radius 1 is 0.704 bits per heavy atom. The van der Waals surface area contributed by atoms with Crippen LogP contribution in [0.2, 0.25) is 0 Å². The van der Waals surface area contributed by atoms with Crippen LogP contribution in [0.3, 0.4) is 0 Å². The lowest BCUT2D eigenvalue weighted by Crippen LogP contribution is -2.32. The second kappa shape index (κ2) is 20.9. The number of aromatic nitrogens is 3. The van der Waals surface area contributed by atoms with Crippen LogP contribution in [-0.2, 0) is 4.79 Å². The quantitative estimate of drug-likeness (QED) is 0.350. The zero-order valence-corrected chi connectivity index (χ0v) is 18.2. The van der Waals surface area contributed by atoms with Crippen LogP contribution in [0.4, 0.5) is 0 Å². The van der Waals surface area contributed by atoms with Gasteiger partial charge in [-0.1, -0.05) is 85.0 Å². The van der Waals surface area contributed by atoms with Gasteiger partial charge in [-0.25, -0.2) is 0 Å². The third-order valence-electron chi connectivity index (χ3n) is 4.71. The highest BCUT2D eigenvalue weighted by Crippen LogP contribution is 2.10. The van der Waals surface area contributed by atoms with Gasteiger partial charge in [-0.15, -0.1) is 0 Å². The molecule has 0 bridgehead atoms. The number of aromatic amines is 1. The molecular weight excluding hydrogens is 336 g/mol. The van der Waals surface area contributed by atoms with Crippen LogP contribution in [0.25, 0.3) is 0 Å². The topological polar surface area (TPSA) is 61.9 Å². The number of unbranched alkanes of at least 4 members (excludes halogenated alkanes) is 10. The lowest BCUT2D eigenvalue weighted by molar-refractivity contribution is -0.131. The molecule has 0 aliphatic rings. The number of hydrogen-bond donors (Lipinski definition) is 1. The number of amides is 1. The molecular formula is C22H44N4O. The van der Waals surface area contributed by atoms with Crippen LogP contribution in [0.15, 0.2) is 12.4 Å². The predicted molar refractivity (Wildman–Crippen MR) is 115 cm³/mol. The van der Waals surface area contributed by atoms with Crippen LogP contribution < -0.4 is 0 Å². The predicted octanol–water partition coefficient (Wildman–Crippen LogP) is 6.14. The minimum atomic E-state index is 0.379. The molecule has 27 heavy (non-hydrogen) atoms. The zero-order chi connectivity index (χ0) is 20.0. The van der Waals surface area contributed by atoms with E-state index in [9.17, 15) is 4.79 Å². The van der Waals surface area contributed by atoms with Crippen molar-refractivity contribution in [2.24, 2.45) is 0 Å². The van der Waals surface area contributed by atoms with E-state index in [0.717, 1.165) is 25.9 Å². The van der Waals surface area contributed by atoms with E-state index in [-0.39, 0.29) is 0 Å². The highest BCUT2D eigenvalue weighted by molar-refractivity contribution is 5.76. The van der Waals surface area contributed by atoms with Crippen molar-refractivity contribution in [2.45, 2.75) is 111 Å². The van der Waals surface area contributed by atoms with Gasteiger partial charge in [-0.2, -0.15) is 15.4 Å². The molecule has 0 saturated carbocycles. The number of carbonyl (C=O) groups excluding carboxylic acids is 1. The van der Waals surface area contributed by atoms with Gasteiger partial charge in [0.25, 0.3) is 0 Å². The molecule has 1 N–H and O–H groups in total. The Bertz CT molecular complexity index is 362. The molecule has 0 atom stereocenters. The van der Waals surface area contributed by atoms with E-state index < -0.39 is 0 Å². The van der Waals surface area contributed by atoms with E-state index in [1.807, 2.05) is 0 Å². The van der Waals surface area contributed by atoms with Gasteiger partial charge in [-0.3, -0.25) is 4.79 Å². The van der Waals surface area contributed by atoms with Crippen LogP contribution in [-0.4, -0.2) is 39.3 Å². The molecule has 1 rings (SSSR count). The fraction of sp³-hybridized carbons (Fsp3) is 0.864. The molecule has 0 aliphatic heterocycles. The Morgan fingerprint density at radius 2 is 1.15 bits per heavy atom. The molecule has 158 valence electrons. The van der Waals surface area contributed by atoms with Gasteiger partial charge in [0.05, 0.1) is 12.4 Å². The average molecular weight is 381 g/mol. The van der Waals surface area contributed by atoms with Crippen molar-refractivity contribution in [1.82, 2.24) is 20.3 Å². The molecule has 1 amide bonds. The van der Waals surface area contributed by atoms with Gasteiger partial charge in [0.15, 0.2) is 0 Å². The first-order chi connectivity index (χ1) is 13.3. The maximum absolute atomic E-state index is 12.2. The first-order valence-electron chi connectivity index (χ1n) is 11.3. The summed E-state index contributed by atoms with van der Waals surface area (Å²) in [6.07, 6.45) is 20.5. The van der Waals surface area contributed by atoms with Gasteiger partial charge in [0, 0.05) is 19.5 Å². The summed E-state index contributed by atoms with van der Waals surface area (Å²) in [5.41, 5.74) is 0. The van der Waals surface area contributed by atoms with E-state index >= 15 is 0 Å². The van der Waals surface area contributed by atoms with Gasteiger partial charge in [0.2, 0.25) is 5.91 Å². The normalized spacial score (nSPS) is 10.3. The summed E-state index contributed by atoms with van der Waals surface area (Å²) in [4.78, 5) is 14.3. The average Bonchev–Trinajstić information content (AvgIpc) is 3.25. The van der Waals surface area contributed by atoms with Crippen LogP contribution in [0.1, 0.15) is 111 Å². The van der Waals surface area contributed by atoms with Crippen LogP contribution in [0, 0.1) is 0 Å². The zero-order valence-electron chi connectivity index (χ0n) is 18.2. The molecule has 0 radical (unpaired) electrons. The fourth-order valence-corrected chi connectivity index (χ4v) is 3.07. The highest BCUT2D eigenvalue weighted by atomic mass is 16.2. The number of H-pyrrole nitrogens is 1. The van der Waals surface area contributed by atoms with E-state index in [2.05, 4.69) is 41.1 Å². The molecule has 5 heteroatoms. The molecule has 0 saturated heterocycles. The third kappa shape index (κ3) is 17.8. The van der Waals surface area contributed by atoms with Gasteiger partial charge in [0.1, 0.15) is 0 Å². The van der Waals surface area contributed by atoms with Crippen molar-refractivity contribution in [3.05, 3.63) is 12.4 Å². The van der Waals surface area contributed by atoms with E-state index in [0.29, 0.717) is 5.91 Å². The maximum atomic E-state index is 12.2. The number of nitrogens with one attached hydrogen (secondary N) is 1. The Kier molecular flexibility index (Phi) is 19.8. The molecule has 0 aromatic carbocycles. The Morgan fingerprint density at radius 3 is 1.52 bits per heavy atom. The number of hydrogen-bond acceptors (Lipinski definition) is 3. The van der Waals surface area contributed by atoms with Crippen molar-refractivity contribution in [2.75, 3.05) is 13.1 Å². The second-order valence-corrected chi connectivity index (χ2v) is 7.32. The summed E-state index contributed by atoms with van der Waals surface area (Å²) in [5.74, 6) is 0.379. The lowest BCUT2D eigenvalue weighted by Gasteiger charge is -2.22. The lowest BCUT2D eigenvalue weighted by atomic mass is 10.1. The molecule has 0 spiro atoms.